The number of methoxy groups -OCH3 is 1. The highest BCUT2D eigenvalue weighted by molar-refractivity contribution is 14.0. The number of rotatable bonds is 7. The Morgan fingerprint density at radius 2 is 1.89 bits per heavy atom. The smallest absolute Gasteiger partial charge is 0.193 e. The van der Waals surface area contributed by atoms with E-state index >= 15 is 0 Å². The maximum absolute atomic E-state index is 5.96. The van der Waals surface area contributed by atoms with Gasteiger partial charge in [0.1, 0.15) is 11.6 Å². The molecule has 3 N–H and O–H groups in total. The van der Waals surface area contributed by atoms with Gasteiger partial charge in [-0.05, 0) is 29.8 Å². The van der Waals surface area contributed by atoms with E-state index in [0.29, 0.717) is 12.5 Å². The molecule has 0 spiro atoms. The van der Waals surface area contributed by atoms with Gasteiger partial charge in [0.05, 0.1) is 7.11 Å². The number of aliphatic imine (C=N–C) groups is 1. The lowest BCUT2D eigenvalue weighted by Crippen LogP contribution is -2.23. The summed E-state index contributed by atoms with van der Waals surface area (Å²) in [4.78, 5) is 8.81. The number of benzene rings is 2. The number of anilines is 1. The molecule has 0 unspecified atom stereocenters. The van der Waals surface area contributed by atoms with E-state index in [1.54, 1.807) is 7.11 Å². The Morgan fingerprint density at radius 1 is 1.15 bits per heavy atom. The predicted octanol–water partition coefficient (Wildman–Crippen LogP) is 3.53. The van der Waals surface area contributed by atoms with Gasteiger partial charge in [-0.2, -0.15) is 0 Å². The molecular formula is C20H24IN5O. The number of hydrogen-bond donors (Lipinski definition) is 2. The third-order valence-corrected chi connectivity index (χ3v) is 3.98. The summed E-state index contributed by atoms with van der Waals surface area (Å²) in [5.41, 5.74) is 8.08. The molecular weight excluding hydrogens is 453 g/mol. The number of nitrogens with one attached hydrogen (secondary N) is 1. The lowest BCUT2D eigenvalue weighted by Gasteiger charge is -2.08. The summed E-state index contributed by atoms with van der Waals surface area (Å²) in [6.07, 6.45) is 4.54. The van der Waals surface area contributed by atoms with Crippen LogP contribution in [0.5, 0.6) is 5.75 Å². The van der Waals surface area contributed by atoms with Crippen LogP contribution in [-0.4, -0.2) is 29.2 Å². The Kier molecular flexibility index (Phi) is 8.12. The second-order valence-corrected chi connectivity index (χ2v) is 5.83. The number of imidazole rings is 1. The Balaban J connectivity index is 0.00000261. The summed E-state index contributed by atoms with van der Waals surface area (Å²) in [5, 5.41) is 3.07. The molecule has 0 saturated heterocycles. The first-order valence-corrected chi connectivity index (χ1v) is 8.49. The van der Waals surface area contributed by atoms with Gasteiger partial charge >= 0.3 is 0 Å². The Labute approximate surface area is 176 Å². The minimum absolute atomic E-state index is 0. The first-order chi connectivity index (χ1) is 12.7. The van der Waals surface area contributed by atoms with Crippen LogP contribution in [0, 0.1) is 0 Å². The van der Waals surface area contributed by atoms with E-state index in [1.807, 2.05) is 54.9 Å². The third-order valence-electron chi connectivity index (χ3n) is 3.98. The summed E-state index contributed by atoms with van der Waals surface area (Å²) in [7, 11) is 1.64. The van der Waals surface area contributed by atoms with Crippen LogP contribution in [0.4, 0.5) is 5.69 Å². The SMILES string of the molecule is COc1ccc(NC(N)=NCCc2nccn2Cc2ccccc2)cc1.I. The van der Waals surface area contributed by atoms with Gasteiger partial charge in [-0.1, -0.05) is 30.3 Å². The largest absolute Gasteiger partial charge is 0.497 e. The van der Waals surface area contributed by atoms with Crippen molar-refractivity contribution in [3.63, 3.8) is 0 Å². The number of halogens is 1. The lowest BCUT2D eigenvalue weighted by atomic mass is 10.2. The van der Waals surface area contributed by atoms with E-state index in [0.717, 1.165) is 30.2 Å². The minimum atomic E-state index is 0. The van der Waals surface area contributed by atoms with Crippen LogP contribution in [-0.2, 0) is 13.0 Å². The topological polar surface area (TPSA) is 77.5 Å². The molecule has 0 radical (unpaired) electrons. The monoisotopic (exact) mass is 477 g/mol. The van der Waals surface area contributed by atoms with Crippen LogP contribution in [0.15, 0.2) is 72.0 Å². The second-order valence-electron chi connectivity index (χ2n) is 5.83. The van der Waals surface area contributed by atoms with Crippen LogP contribution in [0.2, 0.25) is 0 Å². The van der Waals surface area contributed by atoms with Crippen molar-refractivity contribution in [1.29, 1.82) is 0 Å². The highest BCUT2D eigenvalue weighted by Gasteiger charge is 2.03. The predicted molar refractivity (Wildman–Crippen MR) is 120 cm³/mol. The Bertz CT molecular complexity index is 846. The fraction of sp³-hybridized carbons (Fsp3) is 0.200. The van der Waals surface area contributed by atoms with Crippen molar-refractivity contribution in [3.8, 4) is 5.75 Å². The summed E-state index contributed by atoms with van der Waals surface area (Å²) in [5.74, 6) is 2.18. The molecule has 3 rings (SSSR count). The quantitative estimate of drug-likeness (QED) is 0.310. The normalized spacial score (nSPS) is 10.9. The van der Waals surface area contributed by atoms with E-state index in [9.17, 15) is 0 Å². The highest BCUT2D eigenvalue weighted by Crippen LogP contribution is 2.14. The zero-order valence-corrected chi connectivity index (χ0v) is 17.5. The van der Waals surface area contributed by atoms with Gasteiger partial charge in [-0.15, -0.1) is 24.0 Å². The molecule has 142 valence electrons. The summed E-state index contributed by atoms with van der Waals surface area (Å²) < 4.78 is 7.27. The van der Waals surface area contributed by atoms with Crippen LogP contribution >= 0.6 is 24.0 Å². The third kappa shape index (κ3) is 6.28. The first-order valence-electron chi connectivity index (χ1n) is 8.49. The molecule has 0 aliphatic heterocycles. The Morgan fingerprint density at radius 3 is 2.59 bits per heavy atom. The number of hydrogen-bond acceptors (Lipinski definition) is 3. The molecule has 6 nitrogen and oxygen atoms in total. The molecule has 2 aromatic carbocycles. The highest BCUT2D eigenvalue weighted by atomic mass is 127. The molecule has 3 aromatic rings. The summed E-state index contributed by atoms with van der Waals surface area (Å²) in [6, 6.07) is 17.9. The molecule has 0 atom stereocenters. The van der Waals surface area contributed by atoms with Gasteiger partial charge in [0.2, 0.25) is 0 Å². The second kappa shape index (κ2) is 10.6. The number of nitrogens with zero attached hydrogens (tertiary/aromatic N) is 3. The van der Waals surface area contributed by atoms with Crippen LogP contribution in [0.25, 0.3) is 0 Å². The Hall–Kier alpha value is -2.55. The minimum Gasteiger partial charge on any atom is -0.497 e. The first kappa shape index (κ1) is 20.8. The molecule has 27 heavy (non-hydrogen) atoms. The molecule has 1 aromatic heterocycles. The van der Waals surface area contributed by atoms with Crippen molar-refractivity contribution in [3.05, 3.63) is 78.4 Å². The zero-order chi connectivity index (χ0) is 18.2. The number of guanidine groups is 1. The summed E-state index contributed by atoms with van der Waals surface area (Å²) in [6.45, 7) is 1.38. The molecule has 0 fully saturated rings. The average Bonchev–Trinajstić information content (AvgIpc) is 3.10. The van der Waals surface area contributed by atoms with Gasteiger partial charge in [0.25, 0.3) is 0 Å². The standard InChI is InChI=1S/C20H23N5O.HI/c1-26-18-9-7-17(8-10-18)24-20(21)23-12-11-19-22-13-14-25(19)15-16-5-3-2-4-6-16;/h2-10,13-14H,11-12,15H2,1H3,(H3,21,23,24);1H. The van der Waals surface area contributed by atoms with Gasteiger partial charge in [-0.25, -0.2) is 4.98 Å². The van der Waals surface area contributed by atoms with Gasteiger partial charge in [-0.3, -0.25) is 4.99 Å². The lowest BCUT2D eigenvalue weighted by molar-refractivity contribution is 0.415. The van der Waals surface area contributed by atoms with Crippen molar-refractivity contribution >= 4 is 35.6 Å². The maximum atomic E-state index is 5.96. The van der Waals surface area contributed by atoms with Crippen LogP contribution in [0.3, 0.4) is 0 Å². The molecule has 0 bridgehead atoms. The van der Waals surface area contributed by atoms with Crippen molar-refractivity contribution in [1.82, 2.24) is 9.55 Å². The van der Waals surface area contributed by atoms with E-state index in [-0.39, 0.29) is 24.0 Å². The maximum Gasteiger partial charge on any atom is 0.193 e. The fourth-order valence-electron chi connectivity index (χ4n) is 2.63. The van der Waals surface area contributed by atoms with Crippen molar-refractivity contribution in [2.24, 2.45) is 10.7 Å². The van der Waals surface area contributed by atoms with Gasteiger partial charge < -0.3 is 20.4 Å². The number of aromatic nitrogens is 2. The molecule has 7 heteroatoms. The molecule has 0 saturated carbocycles. The van der Waals surface area contributed by atoms with E-state index < -0.39 is 0 Å². The van der Waals surface area contributed by atoms with Crippen molar-refractivity contribution in [2.75, 3.05) is 19.0 Å². The van der Waals surface area contributed by atoms with Gasteiger partial charge in [0, 0.05) is 37.6 Å². The molecule has 1 heterocycles. The summed E-state index contributed by atoms with van der Waals surface area (Å²) >= 11 is 0. The average molecular weight is 477 g/mol. The van der Waals surface area contributed by atoms with Crippen molar-refractivity contribution in [2.45, 2.75) is 13.0 Å². The van der Waals surface area contributed by atoms with Crippen LogP contribution < -0.4 is 15.8 Å². The van der Waals surface area contributed by atoms with E-state index in [1.165, 1.54) is 5.56 Å². The molecule has 0 aliphatic carbocycles. The molecule has 0 amide bonds. The molecule has 0 aliphatic rings. The van der Waals surface area contributed by atoms with Crippen LogP contribution in [0.1, 0.15) is 11.4 Å². The van der Waals surface area contributed by atoms with E-state index in [4.69, 9.17) is 10.5 Å². The fourth-order valence-corrected chi connectivity index (χ4v) is 2.63. The number of ether oxygens (including phenoxy) is 1. The number of nitrogens with two attached hydrogens (primary N) is 1. The zero-order valence-electron chi connectivity index (χ0n) is 15.2. The van der Waals surface area contributed by atoms with E-state index in [2.05, 4.69) is 32.0 Å². The van der Waals surface area contributed by atoms with Crippen molar-refractivity contribution < 1.29 is 4.74 Å². The van der Waals surface area contributed by atoms with Gasteiger partial charge in [0.15, 0.2) is 5.96 Å².